The molecule has 2 unspecified atom stereocenters. The van der Waals surface area contributed by atoms with Crippen LogP contribution in [0.5, 0.6) is 0 Å². The maximum atomic E-state index is 12.2. The van der Waals surface area contributed by atoms with Crippen LogP contribution in [0.1, 0.15) is 19.3 Å². The van der Waals surface area contributed by atoms with Gasteiger partial charge in [-0.25, -0.2) is 0 Å². The standard InChI is InChI=1S/C13H20N2O3/c1-18-13(17)9-4-6-15(7-5-9)12(16)10-2-3-11(14)8-10/h2-3,9-11H,4-8,14H2,1H3. The Morgan fingerprint density at radius 2 is 1.94 bits per heavy atom. The summed E-state index contributed by atoms with van der Waals surface area (Å²) in [5, 5.41) is 0. The molecule has 0 aromatic heterocycles. The van der Waals surface area contributed by atoms with Crippen molar-refractivity contribution in [2.24, 2.45) is 17.6 Å². The molecule has 2 rings (SSSR count). The Balaban J connectivity index is 1.84. The van der Waals surface area contributed by atoms with Crippen molar-refractivity contribution < 1.29 is 14.3 Å². The number of piperidine rings is 1. The van der Waals surface area contributed by atoms with E-state index in [9.17, 15) is 9.59 Å². The molecule has 1 heterocycles. The fourth-order valence-electron chi connectivity index (χ4n) is 2.65. The molecule has 1 aliphatic carbocycles. The number of likely N-dealkylation sites (tertiary alicyclic amines) is 1. The highest BCUT2D eigenvalue weighted by atomic mass is 16.5. The molecule has 0 radical (unpaired) electrons. The number of methoxy groups -OCH3 is 1. The van der Waals surface area contributed by atoms with Gasteiger partial charge >= 0.3 is 5.97 Å². The predicted molar refractivity (Wildman–Crippen MR) is 66.5 cm³/mol. The minimum absolute atomic E-state index is 0.00607. The molecule has 0 aromatic rings. The van der Waals surface area contributed by atoms with Gasteiger partial charge in [-0.3, -0.25) is 9.59 Å². The number of hydrogen-bond donors (Lipinski definition) is 1. The van der Waals surface area contributed by atoms with Gasteiger partial charge in [0.05, 0.1) is 18.9 Å². The molecule has 0 bridgehead atoms. The number of esters is 1. The number of hydrogen-bond acceptors (Lipinski definition) is 4. The molecule has 2 atom stereocenters. The first-order valence-electron chi connectivity index (χ1n) is 6.42. The topological polar surface area (TPSA) is 72.6 Å². The average molecular weight is 252 g/mol. The Kier molecular flexibility index (Phi) is 4.01. The first-order chi connectivity index (χ1) is 8.61. The number of carbonyl (C=O) groups excluding carboxylic acids is 2. The summed E-state index contributed by atoms with van der Waals surface area (Å²) in [6, 6.07) is 0.00607. The van der Waals surface area contributed by atoms with E-state index in [1.807, 2.05) is 17.1 Å². The molecule has 1 amide bonds. The Morgan fingerprint density at radius 3 is 2.44 bits per heavy atom. The molecule has 1 aliphatic heterocycles. The van der Waals surface area contributed by atoms with Gasteiger partial charge < -0.3 is 15.4 Å². The molecule has 0 spiro atoms. The summed E-state index contributed by atoms with van der Waals surface area (Å²) in [6.07, 6.45) is 5.89. The summed E-state index contributed by atoms with van der Waals surface area (Å²) in [7, 11) is 1.41. The van der Waals surface area contributed by atoms with Crippen LogP contribution in [0, 0.1) is 11.8 Å². The third-order valence-electron chi connectivity index (χ3n) is 3.78. The molecule has 1 fully saturated rings. The van der Waals surface area contributed by atoms with Crippen molar-refractivity contribution in [2.45, 2.75) is 25.3 Å². The summed E-state index contributed by atoms with van der Waals surface area (Å²) >= 11 is 0. The van der Waals surface area contributed by atoms with E-state index in [4.69, 9.17) is 10.5 Å². The normalized spacial score (nSPS) is 28.4. The van der Waals surface area contributed by atoms with Crippen LogP contribution in [0.4, 0.5) is 0 Å². The molecule has 2 N–H and O–H groups in total. The SMILES string of the molecule is COC(=O)C1CCN(C(=O)C2C=CC(N)C2)CC1. The Hall–Kier alpha value is -1.36. The minimum Gasteiger partial charge on any atom is -0.469 e. The van der Waals surface area contributed by atoms with Gasteiger partial charge in [0, 0.05) is 19.1 Å². The average Bonchev–Trinajstić information content (AvgIpc) is 2.84. The molecular formula is C13H20N2O3. The lowest BCUT2D eigenvalue weighted by atomic mass is 9.95. The molecule has 2 aliphatic rings. The summed E-state index contributed by atoms with van der Waals surface area (Å²) in [6.45, 7) is 1.27. The summed E-state index contributed by atoms with van der Waals surface area (Å²) < 4.78 is 4.73. The van der Waals surface area contributed by atoms with Gasteiger partial charge in [0.25, 0.3) is 0 Å². The van der Waals surface area contributed by atoms with Crippen LogP contribution in [0.15, 0.2) is 12.2 Å². The highest BCUT2D eigenvalue weighted by Crippen LogP contribution is 2.24. The smallest absolute Gasteiger partial charge is 0.308 e. The first kappa shape index (κ1) is 13.1. The second kappa shape index (κ2) is 5.52. The van der Waals surface area contributed by atoms with E-state index in [2.05, 4.69) is 0 Å². The number of nitrogens with zero attached hydrogens (tertiary/aromatic N) is 1. The van der Waals surface area contributed by atoms with Crippen LogP contribution < -0.4 is 5.73 Å². The van der Waals surface area contributed by atoms with Crippen molar-refractivity contribution in [3.8, 4) is 0 Å². The van der Waals surface area contributed by atoms with Crippen LogP contribution in [0.2, 0.25) is 0 Å². The van der Waals surface area contributed by atoms with Gasteiger partial charge in [0.2, 0.25) is 5.91 Å². The van der Waals surface area contributed by atoms with Crippen molar-refractivity contribution >= 4 is 11.9 Å². The maximum Gasteiger partial charge on any atom is 0.308 e. The van der Waals surface area contributed by atoms with E-state index < -0.39 is 0 Å². The fraction of sp³-hybridized carbons (Fsp3) is 0.692. The zero-order chi connectivity index (χ0) is 13.1. The lowest BCUT2D eigenvalue weighted by Gasteiger charge is -2.32. The minimum atomic E-state index is -0.162. The zero-order valence-electron chi connectivity index (χ0n) is 10.7. The molecule has 18 heavy (non-hydrogen) atoms. The van der Waals surface area contributed by atoms with Gasteiger partial charge in [0.1, 0.15) is 0 Å². The lowest BCUT2D eigenvalue weighted by Crippen LogP contribution is -2.43. The Bertz CT molecular complexity index is 359. The summed E-state index contributed by atoms with van der Waals surface area (Å²) in [5.74, 6) is -0.150. The van der Waals surface area contributed by atoms with Gasteiger partial charge in [-0.05, 0) is 19.3 Å². The van der Waals surface area contributed by atoms with Crippen LogP contribution >= 0.6 is 0 Å². The van der Waals surface area contributed by atoms with Crippen molar-refractivity contribution in [3.63, 3.8) is 0 Å². The summed E-state index contributed by atoms with van der Waals surface area (Å²) in [5.41, 5.74) is 5.75. The van der Waals surface area contributed by atoms with Crippen molar-refractivity contribution in [3.05, 3.63) is 12.2 Å². The molecule has 1 saturated heterocycles. The monoisotopic (exact) mass is 252 g/mol. The van der Waals surface area contributed by atoms with Gasteiger partial charge in [-0.15, -0.1) is 0 Å². The molecule has 0 aromatic carbocycles. The van der Waals surface area contributed by atoms with Crippen molar-refractivity contribution in [2.75, 3.05) is 20.2 Å². The van der Waals surface area contributed by atoms with E-state index in [1.165, 1.54) is 7.11 Å². The molecule has 5 nitrogen and oxygen atoms in total. The van der Waals surface area contributed by atoms with Crippen LogP contribution in [0.3, 0.4) is 0 Å². The Labute approximate surface area is 107 Å². The number of rotatable bonds is 2. The van der Waals surface area contributed by atoms with Gasteiger partial charge in [-0.1, -0.05) is 12.2 Å². The fourth-order valence-corrected chi connectivity index (χ4v) is 2.65. The Morgan fingerprint density at radius 1 is 1.28 bits per heavy atom. The zero-order valence-corrected chi connectivity index (χ0v) is 10.7. The predicted octanol–water partition coefficient (Wildman–Crippen LogP) is 0.301. The largest absolute Gasteiger partial charge is 0.469 e. The molecular weight excluding hydrogens is 232 g/mol. The first-order valence-corrected chi connectivity index (χ1v) is 6.42. The molecule has 5 heteroatoms. The second-order valence-corrected chi connectivity index (χ2v) is 5.01. The number of ether oxygens (including phenoxy) is 1. The van der Waals surface area contributed by atoms with E-state index in [1.54, 1.807) is 0 Å². The van der Waals surface area contributed by atoms with E-state index in [-0.39, 0.29) is 29.8 Å². The van der Waals surface area contributed by atoms with Crippen molar-refractivity contribution in [1.82, 2.24) is 4.90 Å². The van der Waals surface area contributed by atoms with Crippen LogP contribution in [-0.4, -0.2) is 43.0 Å². The van der Waals surface area contributed by atoms with Gasteiger partial charge in [-0.2, -0.15) is 0 Å². The second-order valence-electron chi connectivity index (χ2n) is 5.01. The maximum absolute atomic E-state index is 12.2. The van der Waals surface area contributed by atoms with E-state index in [0.717, 1.165) is 0 Å². The lowest BCUT2D eigenvalue weighted by molar-refractivity contribution is -0.149. The number of nitrogens with two attached hydrogens (primary N) is 1. The highest BCUT2D eigenvalue weighted by Gasteiger charge is 2.32. The molecule has 100 valence electrons. The number of amides is 1. The van der Waals surface area contributed by atoms with Gasteiger partial charge in [0.15, 0.2) is 0 Å². The van der Waals surface area contributed by atoms with E-state index >= 15 is 0 Å². The van der Waals surface area contributed by atoms with Crippen molar-refractivity contribution in [1.29, 1.82) is 0 Å². The van der Waals surface area contributed by atoms with Crippen LogP contribution in [-0.2, 0) is 14.3 Å². The number of carbonyl (C=O) groups is 2. The molecule has 0 saturated carbocycles. The van der Waals surface area contributed by atoms with Crippen LogP contribution in [0.25, 0.3) is 0 Å². The van der Waals surface area contributed by atoms with E-state index in [0.29, 0.717) is 32.4 Å². The third-order valence-corrected chi connectivity index (χ3v) is 3.78. The summed E-state index contributed by atoms with van der Waals surface area (Å²) in [4.78, 5) is 25.4. The third kappa shape index (κ3) is 2.72. The quantitative estimate of drug-likeness (QED) is 0.567. The highest BCUT2D eigenvalue weighted by molar-refractivity contribution is 5.81.